The summed E-state index contributed by atoms with van der Waals surface area (Å²) < 4.78 is 18.0. The molecule has 1 N–H and O–H groups in total. The predicted molar refractivity (Wildman–Crippen MR) is 104 cm³/mol. The molecule has 4 rings (SSSR count). The molecule has 0 saturated carbocycles. The van der Waals surface area contributed by atoms with E-state index in [0.717, 1.165) is 5.52 Å². The summed E-state index contributed by atoms with van der Waals surface area (Å²) >= 11 is 0. The van der Waals surface area contributed by atoms with Gasteiger partial charge in [-0.2, -0.15) is 0 Å². The lowest BCUT2D eigenvalue weighted by atomic mass is 10.2. The van der Waals surface area contributed by atoms with Gasteiger partial charge in [0.1, 0.15) is 18.7 Å². The van der Waals surface area contributed by atoms with Gasteiger partial charge in [0.05, 0.1) is 11.1 Å². The first-order valence-corrected chi connectivity index (χ1v) is 9.30. The van der Waals surface area contributed by atoms with Crippen LogP contribution in [0.2, 0.25) is 0 Å². The van der Waals surface area contributed by atoms with E-state index in [0.29, 0.717) is 48.0 Å². The largest absolute Gasteiger partial charge is 0.486 e. The van der Waals surface area contributed by atoms with Crippen molar-refractivity contribution < 1.29 is 23.8 Å². The lowest BCUT2D eigenvalue weighted by Gasteiger charge is -2.19. The van der Waals surface area contributed by atoms with E-state index in [1.807, 2.05) is 6.92 Å². The van der Waals surface area contributed by atoms with E-state index in [1.165, 1.54) is 6.92 Å². The second kappa shape index (κ2) is 7.78. The van der Waals surface area contributed by atoms with Crippen LogP contribution in [0.4, 0.5) is 5.69 Å². The molecule has 150 valence electrons. The number of hydrogen-bond acceptors (Lipinski definition) is 7. The number of aromatic nitrogens is 3. The molecule has 0 bridgehead atoms. The van der Waals surface area contributed by atoms with Crippen LogP contribution in [0.3, 0.4) is 0 Å². The molecule has 2 aromatic carbocycles. The second-order valence-electron chi connectivity index (χ2n) is 6.50. The summed E-state index contributed by atoms with van der Waals surface area (Å²) in [4.78, 5) is 24.8. The van der Waals surface area contributed by atoms with Crippen molar-refractivity contribution in [3.8, 4) is 11.5 Å². The van der Waals surface area contributed by atoms with Crippen LogP contribution in [0, 0.1) is 0 Å². The number of rotatable bonds is 5. The van der Waals surface area contributed by atoms with Gasteiger partial charge in [0, 0.05) is 18.3 Å². The number of amides is 1. The molecule has 0 radical (unpaired) electrons. The number of carbonyl (C=O) groups is 2. The molecular weight excluding hydrogens is 376 g/mol. The van der Waals surface area contributed by atoms with Gasteiger partial charge in [-0.05, 0) is 44.2 Å². The molecule has 0 fully saturated rings. The van der Waals surface area contributed by atoms with Crippen LogP contribution in [-0.2, 0) is 16.1 Å². The van der Waals surface area contributed by atoms with Crippen LogP contribution in [0.25, 0.3) is 11.0 Å². The Morgan fingerprint density at radius 1 is 1.17 bits per heavy atom. The molecule has 1 atom stereocenters. The number of benzene rings is 2. The highest BCUT2D eigenvalue weighted by atomic mass is 16.6. The summed E-state index contributed by atoms with van der Waals surface area (Å²) in [6.07, 6.45) is -0.988. The highest BCUT2D eigenvalue weighted by Gasteiger charge is 2.21. The van der Waals surface area contributed by atoms with E-state index in [4.69, 9.17) is 14.2 Å². The maximum atomic E-state index is 12.4. The molecule has 9 nitrogen and oxygen atoms in total. The topological polar surface area (TPSA) is 105 Å². The molecule has 9 heteroatoms. The minimum Gasteiger partial charge on any atom is -0.486 e. The Kier molecular flexibility index (Phi) is 5.03. The van der Waals surface area contributed by atoms with Gasteiger partial charge in [-0.25, -0.2) is 9.48 Å². The Morgan fingerprint density at radius 2 is 1.97 bits per heavy atom. The number of nitrogens with zero attached hydrogens (tertiary/aromatic N) is 3. The third-order valence-corrected chi connectivity index (χ3v) is 4.51. The minimum absolute atomic E-state index is 0.305. The highest BCUT2D eigenvalue weighted by molar-refractivity contribution is 5.98. The summed E-state index contributed by atoms with van der Waals surface area (Å²) in [6, 6.07) is 10.1. The number of aryl methyl sites for hydroxylation is 1. The van der Waals surface area contributed by atoms with Gasteiger partial charge < -0.3 is 19.5 Å². The molecule has 0 unspecified atom stereocenters. The molecule has 0 saturated heterocycles. The van der Waals surface area contributed by atoms with Gasteiger partial charge in [0.25, 0.3) is 5.91 Å². The van der Waals surface area contributed by atoms with Crippen molar-refractivity contribution in [1.82, 2.24) is 15.0 Å². The number of ether oxygens (including phenoxy) is 3. The molecule has 29 heavy (non-hydrogen) atoms. The van der Waals surface area contributed by atoms with Gasteiger partial charge >= 0.3 is 5.97 Å². The Morgan fingerprint density at radius 3 is 2.76 bits per heavy atom. The number of nitrogens with one attached hydrogen (secondary N) is 1. The normalized spacial score (nSPS) is 13.7. The van der Waals surface area contributed by atoms with E-state index < -0.39 is 18.0 Å². The fourth-order valence-corrected chi connectivity index (χ4v) is 2.98. The molecule has 2 heterocycles. The van der Waals surface area contributed by atoms with Crippen molar-refractivity contribution in [3.05, 3.63) is 42.0 Å². The minimum atomic E-state index is -0.988. The third kappa shape index (κ3) is 3.84. The van der Waals surface area contributed by atoms with E-state index >= 15 is 0 Å². The number of fused-ring (bicyclic) bond motifs is 2. The van der Waals surface area contributed by atoms with Crippen LogP contribution in [0.5, 0.6) is 11.5 Å². The molecular formula is C20H20N4O5. The number of hydrogen-bond donors (Lipinski definition) is 1. The fraction of sp³-hybridized carbons (Fsp3) is 0.300. The van der Waals surface area contributed by atoms with Crippen molar-refractivity contribution >= 4 is 28.6 Å². The molecule has 0 spiro atoms. The molecule has 1 aromatic heterocycles. The average molecular weight is 396 g/mol. The smallest absolute Gasteiger partial charge is 0.338 e. The summed E-state index contributed by atoms with van der Waals surface area (Å²) in [5, 5.41) is 10.8. The van der Waals surface area contributed by atoms with Crippen molar-refractivity contribution in [1.29, 1.82) is 0 Å². The summed E-state index contributed by atoms with van der Waals surface area (Å²) in [6.45, 7) is 5.09. The summed E-state index contributed by atoms with van der Waals surface area (Å²) in [5.74, 6) is 0.132. The van der Waals surface area contributed by atoms with Crippen LogP contribution >= 0.6 is 0 Å². The Bertz CT molecular complexity index is 1080. The van der Waals surface area contributed by atoms with Gasteiger partial charge in [0.2, 0.25) is 0 Å². The van der Waals surface area contributed by atoms with Gasteiger partial charge in [-0.3, -0.25) is 4.79 Å². The zero-order valence-electron chi connectivity index (χ0n) is 16.0. The Labute approximate surface area is 166 Å². The van der Waals surface area contributed by atoms with Gasteiger partial charge in [-0.1, -0.05) is 5.21 Å². The molecule has 3 aromatic rings. The molecule has 1 aliphatic rings. The van der Waals surface area contributed by atoms with Crippen LogP contribution in [0.15, 0.2) is 36.4 Å². The molecule has 1 amide bonds. The fourth-order valence-electron chi connectivity index (χ4n) is 2.98. The summed E-state index contributed by atoms with van der Waals surface area (Å²) in [7, 11) is 0. The second-order valence-corrected chi connectivity index (χ2v) is 6.50. The monoisotopic (exact) mass is 396 g/mol. The number of carbonyl (C=O) groups excluding carboxylic acids is 2. The quantitative estimate of drug-likeness (QED) is 0.660. The highest BCUT2D eigenvalue weighted by Crippen LogP contribution is 2.32. The van der Waals surface area contributed by atoms with Crippen LogP contribution < -0.4 is 14.8 Å². The summed E-state index contributed by atoms with van der Waals surface area (Å²) in [5.41, 5.74) is 2.25. The molecule has 1 aliphatic heterocycles. The number of esters is 1. The molecule has 0 aliphatic carbocycles. The van der Waals surface area contributed by atoms with E-state index in [-0.39, 0.29) is 0 Å². The zero-order valence-corrected chi connectivity index (χ0v) is 16.0. The van der Waals surface area contributed by atoms with Gasteiger partial charge in [0.15, 0.2) is 17.6 Å². The number of anilines is 1. The standard InChI is InChI=1S/C20H20N4O5/c1-3-24-16-6-4-13(10-15(16)22-23-24)20(26)29-12(2)19(25)21-14-5-7-17-18(11-14)28-9-8-27-17/h4-7,10-12H,3,8-9H2,1-2H3,(H,21,25)/t12-/m1/s1. The van der Waals surface area contributed by atoms with Crippen molar-refractivity contribution in [2.24, 2.45) is 0 Å². The van der Waals surface area contributed by atoms with Crippen LogP contribution in [0.1, 0.15) is 24.2 Å². The average Bonchev–Trinajstić information content (AvgIpc) is 3.15. The Hall–Kier alpha value is -3.62. The maximum Gasteiger partial charge on any atom is 0.338 e. The van der Waals surface area contributed by atoms with Crippen molar-refractivity contribution in [3.63, 3.8) is 0 Å². The predicted octanol–water partition coefficient (Wildman–Crippen LogP) is 2.41. The van der Waals surface area contributed by atoms with Crippen LogP contribution in [-0.4, -0.2) is 46.2 Å². The van der Waals surface area contributed by atoms with E-state index in [9.17, 15) is 9.59 Å². The third-order valence-electron chi connectivity index (χ3n) is 4.51. The zero-order chi connectivity index (χ0) is 20.4. The van der Waals surface area contributed by atoms with E-state index in [2.05, 4.69) is 15.6 Å². The first kappa shape index (κ1) is 18.7. The first-order chi connectivity index (χ1) is 14.0. The lowest BCUT2D eigenvalue weighted by Crippen LogP contribution is -2.30. The first-order valence-electron chi connectivity index (χ1n) is 9.30. The van der Waals surface area contributed by atoms with Crippen molar-refractivity contribution in [2.75, 3.05) is 18.5 Å². The van der Waals surface area contributed by atoms with Gasteiger partial charge in [-0.15, -0.1) is 5.10 Å². The SMILES string of the molecule is CCn1nnc2cc(C(=O)O[C@H](C)C(=O)Nc3ccc4c(c3)OCCO4)ccc21. The maximum absolute atomic E-state index is 12.4. The van der Waals surface area contributed by atoms with E-state index in [1.54, 1.807) is 41.1 Å². The van der Waals surface area contributed by atoms with Crippen molar-refractivity contribution in [2.45, 2.75) is 26.5 Å². The lowest BCUT2D eigenvalue weighted by molar-refractivity contribution is -0.123. The Balaban J connectivity index is 1.41.